The van der Waals surface area contributed by atoms with Gasteiger partial charge in [0, 0.05) is 11.1 Å². The van der Waals surface area contributed by atoms with Gasteiger partial charge in [-0.3, -0.25) is 0 Å². The van der Waals surface area contributed by atoms with Gasteiger partial charge >= 0.3 is 0 Å². The lowest BCUT2D eigenvalue weighted by Crippen LogP contribution is -2.07. The van der Waals surface area contributed by atoms with Crippen molar-refractivity contribution in [1.29, 1.82) is 5.26 Å². The molecular formula is C19H10F5N3. The molecule has 0 radical (unpaired) electrons. The molecule has 0 bridgehead atoms. The van der Waals surface area contributed by atoms with E-state index in [2.05, 4.69) is 4.98 Å². The van der Waals surface area contributed by atoms with Gasteiger partial charge in [-0.25, -0.2) is 26.9 Å². The first kappa shape index (κ1) is 18.3. The first-order valence-electron chi connectivity index (χ1n) is 7.56. The largest absolute Gasteiger partial charge is 0.383 e. The highest BCUT2D eigenvalue weighted by atomic mass is 19.2. The number of hydrogen-bond donors (Lipinski definition) is 1. The van der Waals surface area contributed by atoms with Gasteiger partial charge in [-0.05, 0) is 18.6 Å². The number of nitrogens with two attached hydrogens (primary N) is 1. The van der Waals surface area contributed by atoms with E-state index in [-0.39, 0.29) is 5.69 Å². The van der Waals surface area contributed by atoms with Crippen molar-refractivity contribution < 1.29 is 22.0 Å². The van der Waals surface area contributed by atoms with Gasteiger partial charge in [0.2, 0.25) is 5.82 Å². The van der Waals surface area contributed by atoms with Crippen molar-refractivity contribution in [2.24, 2.45) is 0 Å². The Morgan fingerprint density at radius 1 is 0.889 bits per heavy atom. The lowest BCUT2D eigenvalue weighted by molar-refractivity contribution is 0.381. The number of rotatable bonds is 2. The van der Waals surface area contributed by atoms with Gasteiger partial charge in [0.25, 0.3) is 0 Å². The van der Waals surface area contributed by atoms with E-state index in [1.165, 1.54) is 0 Å². The summed E-state index contributed by atoms with van der Waals surface area (Å²) >= 11 is 0. The average Bonchev–Trinajstić information content (AvgIpc) is 2.65. The van der Waals surface area contributed by atoms with Crippen LogP contribution in [0.25, 0.3) is 22.4 Å². The Morgan fingerprint density at radius 2 is 1.44 bits per heavy atom. The summed E-state index contributed by atoms with van der Waals surface area (Å²) in [6.45, 7) is 1.74. The van der Waals surface area contributed by atoms with E-state index in [1.54, 1.807) is 37.3 Å². The molecule has 1 heterocycles. The van der Waals surface area contributed by atoms with Crippen LogP contribution in [-0.4, -0.2) is 4.98 Å². The molecule has 0 aliphatic heterocycles. The summed E-state index contributed by atoms with van der Waals surface area (Å²) in [6, 6.07) is 9.49. The van der Waals surface area contributed by atoms with Crippen molar-refractivity contribution in [3.8, 4) is 28.5 Å². The molecule has 3 rings (SSSR count). The van der Waals surface area contributed by atoms with Crippen LogP contribution in [0.4, 0.5) is 27.8 Å². The maximum atomic E-state index is 14.3. The van der Waals surface area contributed by atoms with Crippen molar-refractivity contribution in [2.75, 3.05) is 5.73 Å². The monoisotopic (exact) mass is 375 g/mol. The zero-order valence-corrected chi connectivity index (χ0v) is 13.7. The number of nitrogens with zero attached hydrogens (tertiary/aromatic N) is 2. The van der Waals surface area contributed by atoms with E-state index in [9.17, 15) is 27.2 Å². The Bertz CT molecular complexity index is 1090. The molecule has 8 heteroatoms. The van der Waals surface area contributed by atoms with Gasteiger partial charge in [0.1, 0.15) is 17.5 Å². The van der Waals surface area contributed by atoms with E-state index in [4.69, 9.17) is 5.73 Å². The number of nitriles is 1. The molecule has 0 saturated heterocycles. The number of anilines is 1. The Labute approximate surface area is 150 Å². The second-order valence-corrected chi connectivity index (χ2v) is 5.69. The van der Waals surface area contributed by atoms with E-state index in [0.717, 1.165) is 11.6 Å². The van der Waals surface area contributed by atoms with Gasteiger partial charge in [-0.2, -0.15) is 5.26 Å². The molecular weight excluding hydrogens is 365 g/mol. The standard InChI is InChI=1S/C19H10F5N3/c1-8-4-2-3-5-9(8)12-6-10(11(7-25)19(26)27-12)13-14(20)16(22)18(24)17(23)15(13)21/h2-6H,1H3,(H2,26,27). The van der Waals surface area contributed by atoms with Crippen LogP contribution in [0.3, 0.4) is 0 Å². The molecule has 0 amide bonds. The average molecular weight is 375 g/mol. The van der Waals surface area contributed by atoms with Crippen LogP contribution in [-0.2, 0) is 0 Å². The fourth-order valence-electron chi connectivity index (χ4n) is 2.72. The molecule has 0 spiro atoms. The molecule has 0 atom stereocenters. The summed E-state index contributed by atoms with van der Waals surface area (Å²) in [5.74, 6) is -11.0. The predicted molar refractivity (Wildman–Crippen MR) is 88.8 cm³/mol. The van der Waals surface area contributed by atoms with Gasteiger partial charge in [0.15, 0.2) is 23.3 Å². The van der Waals surface area contributed by atoms with Crippen LogP contribution in [0.2, 0.25) is 0 Å². The van der Waals surface area contributed by atoms with Crippen molar-refractivity contribution in [3.05, 3.63) is 70.5 Å². The zero-order chi connectivity index (χ0) is 19.9. The summed E-state index contributed by atoms with van der Waals surface area (Å²) in [5.41, 5.74) is 4.86. The number of pyridine rings is 1. The first-order valence-corrected chi connectivity index (χ1v) is 7.56. The Morgan fingerprint density at radius 3 is 2.00 bits per heavy atom. The molecule has 27 heavy (non-hydrogen) atoms. The quantitative estimate of drug-likeness (QED) is 0.395. The third-order valence-corrected chi connectivity index (χ3v) is 4.06. The van der Waals surface area contributed by atoms with Gasteiger partial charge in [-0.1, -0.05) is 24.3 Å². The maximum Gasteiger partial charge on any atom is 0.200 e. The smallest absolute Gasteiger partial charge is 0.200 e. The number of nitrogen functional groups attached to an aromatic ring is 1. The Balaban J connectivity index is 2.42. The highest BCUT2D eigenvalue weighted by Crippen LogP contribution is 2.37. The Kier molecular flexibility index (Phi) is 4.54. The van der Waals surface area contributed by atoms with Gasteiger partial charge < -0.3 is 5.73 Å². The van der Waals surface area contributed by atoms with Crippen LogP contribution >= 0.6 is 0 Å². The molecule has 1 aromatic heterocycles. The molecule has 0 unspecified atom stereocenters. The fraction of sp³-hybridized carbons (Fsp3) is 0.0526. The van der Waals surface area contributed by atoms with Crippen LogP contribution < -0.4 is 5.73 Å². The van der Waals surface area contributed by atoms with E-state index >= 15 is 0 Å². The number of benzene rings is 2. The summed E-state index contributed by atoms with van der Waals surface area (Å²) in [7, 11) is 0. The van der Waals surface area contributed by atoms with Crippen LogP contribution in [0.15, 0.2) is 30.3 Å². The molecule has 2 aromatic carbocycles. The normalized spacial score (nSPS) is 10.7. The number of hydrogen-bond acceptors (Lipinski definition) is 3. The van der Waals surface area contributed by atoms with Crippen molar-refractivity contribution in [3.63, 3.8) is 0 Å². The lowest BCUT2D eigenvalue weighted by atomic mass is 9.96. The SMILES string of the molecule is Cc1ccccc1-c1cc(-c2c(F)c(F)c(F)c(F)c2F)c(C#N)c(N)n1. The number of aryl methyl sites for hydroxylation is 1. The lowest BCUT2D eigenvalue weighted by Gasteiger charge is -2.14. The van der Waals surface area contributed by atoms with Gasteiger partial charge in [0.05, 0.1) is 11.3 Å². The molecule has 0 aliphatic rings. The second kappa shape index (κ2) is 6.68. The molecule has 2 N–H and O–H groups in total. The minimum Gasteiger partial charge on any atom is -0.383 e. The summed E-state index contributed by atoms with van der Waals surface area (Å²) in [5, 5.41) is 9.28. The zero-order valence-electron chi connectivity index (χ0n) is 13.7. The molecule has 3 aromatic rings. The molecule has 0 fully saturated rings. The summed E-state index contributed by atoms with van der Waals surface area (Å²) in [4.78, 5) is 4.03. The molecule has 3 nitrogen and oxygen atoms in total. The molecule has 0 saturated carbocycles. The van der Waals surface area contributed by atoms with Crippen molar-refractivity contribution in [2.45, 2.75) is 6.92 Å². The molecule has 136 valence electrons. The van der Waals surface area contributed by atoms with Crippen LogP contribution in [0.5, 0.6) is 0 Å². The maximum absolute atomic E-state index is 14.3. The third kappa shape index (κ3) is 2.87. The summed E-state index contributed by atoms with van der Waals surface area (Å²) in [6.07, 6.45) is 0. The Hall–Kier alpha value is -3.47. The first-order chi connectivity index (χ1) is 12.8. The fourth-order valence-corrected chi connectivity index (χ4v) is 2.72. The van der Waals surface area contributed by atoms with Crippen LogP contribution in [0.1, 0.15) is 11.1 Å². The predicted octanol–water partition coefficient (Wildman–Crippen LogP) is 4.87. The molecule has 0 aliphatic carbocycles. The van der Waals surface area contributed by atoms with Crippen molar-refractivity contribution in [1.82, 2.24) is 4.98 Å². The number of halogens is 5. The van der Waals surface area contributed by atoms with E-state index < -0.39 is 51.6 Å². The third-order valence-electron chi connectivity index (χ3n) is 4.06. The van der Waals surface area contributed by atoms with Gasteiger partial charge in [-0.15, -0.1) is 0 Å². The minimum atomic E-state index is -2.28. The topological polar surface area (TPSA) is 62.7 Å². The minimum absolute atomic E-state index is 0.128. The van der Waals surface area contributed by atoms with Crippen molar-refractivity contribution >= 4 is 5.82 Å². The van der Waals surface area contributed by atoms with Crippen LogP contribution in [0, 0.1) is 47.3 Å². The van der Waals surface area contributed by atoms with E-state index in [0.29, 0.717) is 5.56 Å². The highest BCUT2D eigenvalue weighted by Gasteiger charge is 2.29. The van der Waals surface area contributed by atoms with E-state index in [1.807, 2.05) is 0 Å². The summed E-state index contributed by atoms with van der Waals surface area (Å²) < 4.78 is 69.1. The highest BCUT2D eigenvalue weighted by molar-refractivity contribution is 5.81. The second-order valence-electron chi connectivity index (χ2n) is 5.69. The number of aromatic nitrogens is 1.